The molecule has 4 heterocycles. The van der Waals surface area contributed by atoms with E-state index in [1.807, 2.05) is 18.2 Å². The van der Waals surface area contributed by atoms with Crippen molar-refractivity contribution in [3.63, 3.8) is 0 Å². The first-order valence-electron chi connectivity index (χ1n) is 9.77. The predicted molar refractivity (Wildman–Crippen MR) is 119 cm³/mol. The lowest BCUT2D eigenvalue weighted by molar-refractivity contribution is 0.0884. The van der Waals surface area contributed by atoms with Gasteiger partial charge >= 0.3 is 0 Å². The van der Waals surface area contributed by atoms with Gasteiger partial charge in [0.2, 0.25) is 0 Å². The van der Waals surface area contributed by atoms with Crippen LogP contribution in [0.25, 0.3) is 21.5 Å². The van der Waals surface area contributed by atoms with Crippen LogP contribution in [0.4, 0.5) is 0 Å². The molecule has 5 rings (SSSR count). The average Bonchev–Trinajstić information content (AvgIpc) is 3.33. The highest BCUT2D eigenvalue weighted by molar-refractivity contribution is 7.13. The Morgan fingerprint density at radius 3 is 2.46 bits per heavy atom. The maximum absolute atomic E-state index is 13.4. The van der Waals surface area contributed by atoms with Gasteiger partial charge in [0.1, 0.15) is 0 Å². The number of carbonyl (C=O) groups excluding carboxylic acids is 1. The van der Waals surface area contributed by atoms with Crippen molar-refractivity contribution in [1.29, 1.82) is 0 Å². The van der Waals surface area contributed by atoms with Crippen LogP contribution in [0, 0.1) is 0 Å². The van der Waals surface area contributed by atoms with E-state index < -0.39 is 0 Å². The molecule has 1 N–H and O–H groups in total. The largest absolute Gasteiger partial charge is 0.349 e. The molecule has 28 heavy (non-hydrogen) atoms. The monoisotopic (exact) mass is 415 g/mol. The number of aromatic nitrogens is 1. The summed E-state index contributed by atoms with van der Waals surface area (Å²) in [4.78, 5) is 17.1. The molecule has 2 saturated heterocycles. The molecule has 148 valence electrons. The number of hydrogen-bond acceptors (Lipinski definition) is 3. The van der Waals surface area contributed by atoms with Crippen LogP contribution >= 0.6 is 23.7 Å². The summed E-state index contributed by atoms with van der Waals surface area (Å²) in [6.07, 6.45) is 4.67. The van der Waals surface area contributed by atoms with Gasteiger partial charge in [-0.1, -0.05) is 24.3 Å². The molecule has 0 radical (unpaired) electrons. The predicted octanol–water partition coefficient (Wildman–Crippen LogP) is 4.68. The molecule has 4 nitrogen and oxygen atoms in total. The molecule has 0 aliphatic carbocycles. The topological polar surface area (TPSA) is 37.3 Å². The van der Waals surface area contributed by atoms with E-state index in [1.165, 1.54) is 12.8 Å². The summed E-state index contributed by atoms with van der Waals surface area (Å²) in [6, 6.07) is 13.9. The van der Waals surface area contributed by atoms with Crippen LogP contribution in [0.3, 0.4) is 0 Å². The Hall–Kier alpha value is -1.82. The van der Waals surface area contributed by atoms with E-state index in [1.54, 1.807) is 11.3 Å². The third-order valence-electron chi connectivity index (χ3n) is 6.52. The van der Waals surface area contributed by atoms with Crippen LogP contribution in [-0.2, 0) is 7.05 Å². The highest BCUT2D eigenvalue weighted by atomic mass is 35.5. The zero-order chi connectivity index (χ0) is 18.5. The van der Waals surface area contributed by atoms with E-state index in [2.05, 4.69) is 52.5 Å². The first kappa shape index (κ1) is 19.5. The number of piperidine rings is 1. The summed E-state index contributed by atoms with van der Waals surface area (Å²) < 4.78 is 2.16. The first-order valence-corrected chi connectivity index (χ1v) is 10.7. The molecule has 0 spiro atoms. The number of fused-ring (bicyclic) bond motifs is 3. The lowest BCUT2D eigenvalue weighted by Gasteiger charge is -2.36. The van der Waals surface area contributed by atoms with Gasteiger partial charge in [-0.2, -0.15) is 0 Å². The number of aryl methyl sites for hydroxylation is 1. The summed E-state index contributed by atoms with van der Waals surface area (Å²) in [5.74, 6) is 0.0733. The lowest BCUT2D eigenvalue weighted by Crippen LogP contribution is -2.48. The van der Waals surface area contributed by atoms with Crippen LogP contribution < -0.4 is 5.32 Å². The molecule has 2 fully saturated rings. The zero-order valence-electron chi connectivity index (χ0n) is 16.2. The molecule has 1 aromatic carbocycles. The van der Waals surface area contributed by atoms with Crippen LogP contribution in [0.2, 0.25) is 0 Å². The number of nitrogens with zero attached hydrogens (tertiary/aromatic N) is 2. The number of halogens is 1. The highest BCUT2D eigenvalue weighted by Crippen LogP contribution is 2.37. The summed E-state index contributed by atoms with van der Waals surface area (Å²) in [7, 11) is 4.30. The van der Waals surface area contributed by atoms with Gasteiger partial charge in [0.05, 0.1) is 16.1 Å². The molecular weight excluding hydrogens is 390 g/mol. The Kier molecular flexibility index (Phi) is 5.25. The fourth-order valence-electron chi connectivity index (χ4n) is 5.11. The minimum absolute atomic E-state index is 0. The van der Waals surface area contributed by atoms with Crippen molar-refractivity contribution in [3.8, 4) is 10.6 Å². The molecule has 3 aromatic rings. The smallest absolute Gasteiger partial charge is 0.254 e. The second-order valence-electron chi connectivity index (χ2n) is 7.97. The average molecular weight is 416 g/mol. The Morgan fingerprint density at radius 2 is 1.79 bits per heavy atom. The van der Waals surface area contributed by atoms with Crippen molar-refractivity contribution in [1.82, 2.24) is 14.8 Å². The van der Waals surface area contributed by atoms with Crippen molar-refractivity contribution in [3.05, 3.63) is 47.3 Å². The molecule has 3 atom stereocenters. The Labute approximate surface area is 175 Å². The van der Waals surface area contributed by atoms with Gasteiger partial charge in [-0.05, 0) is 50.2 Å². The number of para-hydroxylation sites is 1. The number of thiophene rings is 1. The molecule has 2 aliphatic heterocycles. The fraction of sp³-hybridized carbons (Fsp3) is 0.409. The number of nitrogens with one attached hydrogen (secondary N) is 1. The number of amides is 1. The van der Waals surface area contributed by atoms with Crippen LogP contribution in [0.1, 0.15) is 36.0 Å². The van der Waals surface area contributed by atoms with Crippen molar-refractivity contribution < 1.29 is 4.79 Å². The second kappa shape index (κ2) is 7.54. The Morgan fingerprint density at radius 1 is 1.07 bits per heavy atom. The third-order valence-corrected chi connectivity index (χ3v) is 7.40. The molecule has 0 saturated carbocycles. The summed E-state index contributed by atoms with van der Waals surface area (Å²) in [6.45, 7) is 0. The molecular formula is C22H26ClN3OS. The number of benzene rings is 1. The second-order valence-corrected chi connectivity index (χ2v) is 8.92. The Balaban J connectivity index is 0.00000192. The number of hydrogen-bond donors (Lipinski definition) is 1. The van der Waals surface area contributed by atoms with E-state index in [4.69, 9.17) is 0 Å². The van der Waals surface area contributed by atoms with Gasteiger partial charge in [-0.3, -0.25) is 4.79 Å². The van der Waals surface area contributed by atoms with Crippen LogP contribution in [0.15, 0.2) is 41.8 Å². The Bertz CT molecular complexity index is 983. The standard InChI is InChI=1S/C22H25N3OS.ClH/c1-24-15-9-10-16(24)13-14(12-15)23-22(26)20-17-6-3-4-7-18(17)25(2)21(20)19-8-5-11-27-19;/h3-8,11,14-16H,9-10,12-13H2,1-2H3,(H,23,26);1H/t14?,15-,16+;. The first-order chi connectivity index (χ1) is 13.1. The molecule has 2 aromatic heterocycles. The SMILES string of the molecule is CN1[C@@H]2CC[C@H]1CC(NC(=O)c1c(-c3cccs3)n(C)c3ccccc13)C2.Cl. The van der Waals surface area contributed by atoms with Crippen molar-refractivity contribution in [2.75, 3.05) is 7.05 Å². The number of rotatable bonds is 3. The fourth-order valence-corrected chi connectivity index (χ4v) is 5.92. The van der Waals surface area contributed by atoms with E-state index in [0.717, 1.165) is 39.9 Å². The van der Waals surface area contributed by atoms with Gasteiger partial charge in [0.25, 0.3) is 5.91 Å². The molecule has 2 aliphatic rings. The summed E-state index contributed by atoms with van der Waals surface area (Å²) >= 11 is 1.69. The van der Waals surface area contributed by atoms with Gasteiger partial charge in [-0.15, -0.1) is 23.7 Å². The van der Waals surface area contributed by atoms with Crippen molar-refractivity contribution in [2.45, 2.75) is 43.8 Å². The van der Waals surface area contributed by atoms with Gasteiger partial charge in [-0.25, -0.2) is 0 Å². The molecule has 1 amide bonds. The normalized spacial score (nSPS) is 24.3. The van der Waals surface area contributed by atoms with Gasteiger partial charge < -0.3 is 14.8 Å². The highest BCUT2D eigenvalue weighted by Gasteiger charge is 2.39. The molecule has 6 heteroatoms. The molecule has 1 unspecified atom stereocenters. The third kappa shape index (κ3) is 3.06. The van der Waals surface area contributed by atoms with E-state index >= 15 is 0 Å². The summed E-state index contributed by atoms with van der Waals surface area (Å²) in [5.41, 5.74) is 2.95. The number of carbonyl (C=O) groups is 1. The maximum atomic E-state index is 13.4. The van der Waals surface area contributed by atoms with Gasteiger partial charge in [0.15, 0.2) is 0 Å². The lowest BCUT2D eigenvalue weighted by atomic mass is 9.97. The van der Waals surface area contributed by atoms with Crippen molar-refractivity contribution >= 4 is 40.6 Å². The van der Waals surface area contributed by atoms with Gasteiger partial charge in [0, 0.05) is 36.1 Å². The minimum atomic E-state index is 0. The van der Waals surface area contributed by atoms with Crippen LogP contribution in [0.5, 0.6) is 0 Å². The van der Waals surface area contributed by atoms with E-state index in [9.17, 15) is 4.79 Å². The van der Waals surface area contributed by atoms with E-state index in [-0.39, 0.29) is 24.4 Å². The molecule has 2 bridgehead atoms. The quantitative estimate of drug-likeness (QED) is 0.674. The van der Waals surface area contributed by atoms with Crippen molar-refractivity contribution in [2.24, 2.45) is 7.05 Å². The summed E-state index contributed by atoms with van der Waals surface area (Å²) in [5, 5.41) is 6.50. The maximum Gasteiger partial charge on any atom is 0.254 e. The minimum Gasteiger partial charge on any atom is -0.349 e. The zero-order valence-corrected chi connectivity index (χ0v) is 17.9. The van der Waals surface area contributed by atoms with Crippen LogP contribution in [-0.4, -0.2) is 40.5 Å². The van der Waals surface area contributed by atoms with E-state index in [0.29, 0.717) is 12.1 Å².